The van der Waals surface area contributed by atoms with Gasteiger partial charge in [0.05, 0.1) is 6.54 Å². The van der Waals surface area contributed by atoms with Crippen LogP contribution in [0, 0.1) is 0 Å². The normalized spacial score (nSPS) is 11.6. The van der Waals surface area contributed by atoms with Crippen LogP contribution < -0.4 is 10.6 Å². The molecule has 0 bridgehead atoms. The highest BCUT2D eigenvalue weighted by atomic mass is 15.3. The average Bonchev–Trinajstić information content (AvgIpc) is 2.88. The van der Waals surface area contributed by atoms with Crippen molar-refractivity contribution < 1.29 is 0 Å². The van der Waals surface area contributed by atoms with E-state index in [1.165, 1.54) is 5.56 Å². The Kier molecular flexibility index (Phi) is 4.79. The SMILES string of the molecule is CC(C)(C)NCCNc1ccc(Cn2cccn2)cc1. The van der Waals surface area contributed by atoms with Gasteiger partial charge in [0.25, 0.3) is 0 Å². The van der Waals surface area contributed by atoms with E-state index in [0.717, 1.165) is 25.3 Å². The Bertz CT molecular complexity index is 494. The van der Waals surface area contributed by atoms with Gasteiger partial charge in [-0.1, -0.05) is 12.1 Å². The fraction of sp³-hybridized carbons (Fsp3) is 0.438. The van der Waals surface area contributed by atoms with Gasteiger partial charge >= 0.3 is 0 Å². The molecule has 4 nitrogen and oxygen atoms in total. The number of aromatic nitrogens is 2. The largest absolute Gasteiger partial charge is 0.384 e. The molecule has 0 unspecified atom stereocenters. The summed E-state index contributed by atoms with van der Waals surface area (Å²) >= 11 is 0. The van der Waals surface area contributed by atoms with Gasteiger partial charge in [-0.3, -0.25) is 4.68 Å². The molecular weight excluding hydrogens is 248 g/mol. The summed E-state index contributed by atoms with van der Waals surface area (Å²) in [5, 5.41) is 11.1. The smallest absolute Gasteiger partial charge is 0.0659 e. The van der Waals surface area contributed by atoms with Crippen LogP contribution in [0.2, 0.25) is 0 Å². The van der Waals surface area contributed by atoms with Crippen LogP contribution in [0.4, 0.5) is 5.69 Å². The summed E-state index contributed by atoms with van der Waals surface area (Å²) in [4.78, 5) is 0. The quantitative estimate of drug-likeness (QED) is 0.795. The minimum absolute atomic E-state index is 0.176. The summed E-state index contributed by atoms with van der Waals surface area (Å²) in [7, 11) is 0. The predicted octanol–water partition coefficient (Wildman–Crippen LogP) is 2.73. The van der Waals surface area contributed by atoms with E-state index in [2.05, 4.69) is 60.8 Å². The molecule has 0 amide bonds. The minimum Gasteiger partial charge on any atom is -0.384 e. The Morgan fingerprint density at radius 2 is 1.85 bits per heavy atom. The molecule has 4 heteroatoms. The maximum atomic E-state index is 4.21. The summed E-state index contributed by atoms with van der Waals surface area (Å²) in [6, 6.07) is 10.5. The van der Waals surface area contributed by atoms with Gasteiger partial charge in [-0.15, -0.1) is 0 Å². The summed E-state index contributed by atoms with van der Waals surface area (Å²) in [5.74, 6) is 0. The first kappa shape index (κ1) is 14.6. The van der Waals surface area contributed by atoms with Gasteiger partial charge in [-0.2, -0.15) is 5.10 Å². The molecule has 0 saturated carbocycles. The second kappa shape index (κ2) is 6.57. The second-order valence-corrected chi connectivity index (χ2v) is 6.00. The van der Waals surface area contributed by atoms with Crippen molar-refractivity contribution in [1.29, 1.82) is 0 Å². The van der Waals surface area contributed by atoms with Gasteiger partial charge in [-0.25, -0.2) is 0 Å². The number of nitrogens with zero attached hydrogens (tertiary/aromatic N) is 2. The maximum absolute atomic E-state index is 4.21. The van der Waals surface area contributed by atoms with Crippen LogP contribution in [-0.2, 0) is 6.54 Å². The number of benzene rings is 1. The molecule has 20 heavy (non-hydrogen) atoms. The molecule has 1 aromatic heterocycles. The van der Waals surface area contributed by atoms with Crippen LogP contribution >= 0.6 is 0 Å². The molecule has 0 saturated heterocycles. The molecule has 0 aliphatic carbocycles. The third-order valence-electron chi connectivity index (χ3n) is 2.97. The van der Waals surface area contributed by atoms with Crippen molar-refractivity contribution in [2.24, 2.45) is 0 Å². The fourth-order valence-corrected chi connectivity index (χ4v) is 1.95. The number of rotatable bonds is 6. The van der Waals surface area contributed by atoms with Crippen molar-refractivity contribution in [1.82, 2.24) is 15.1 Å². The predicted molar refractivity (Wildman–Crippen MR) is 84.0 cm³/mol. The van der Waals surface area contributed by atoms with E-state index < -0.39 is 0 Å². The molecule has 0 spiro atoms. The van der Waals surface area contributed by atoms with E-state index in [4.69, 9.17) is 0 Å². The summed E-state index contributed by atoms with van der Waals surface area (Å²) in [6.07, 6.45) is 3.78. The van der Waals surface area contributed by atoms with Crippen LogP contribution in [0.5, 0.6) is 0 Å². The van der Waals surface area contributed by atoms with E-state index in [1.807, 2.05) is 16.9 Å². The van der Waals surface area contributed by atoms with Crippen molar-refractivity contribution in [2.75, 3.05) is 18.4 Å². The second-order valence-electron chi connectivity index (χ2n) is 6.00. The highest BCUT2D eigenvalue weighted by Crippen LogP contribution is 2.10. The summed E-state index contributed by atoms with van der Waals surface area (Å²) in [6.45, 7) is 9.23. The average molecular weight is 272 g/mol. The third kappa shape index (κ3) is 5.05. The number of hydrogen-bond donors (Lipinski definition) is 2. The Balaban J connectivity index is 1.77. The zero-order valence-electron chi connectivity index (χ0n) is 12.6. The Labute approximate surface area is 121 Å². The van der Waals surface area contributed by atoms with Crippen LogP contribution in [0.15, 0.2) is 42.7 Å². The lowest BCUT2D eigenvalue weighted by Crippen LogP contribution is -2.38. The van der Waals surface area contributed by atoms with E-state index in [0.29, 0.717) is 0 Å². The molecule has 0 aliphatic heterocycles. The fourth-order valence-electron chi connectivity index (χ4n) is 1.95. The lowest BCUT2D eigenvalue weighted by Gasteiger charge is -2.20. The van der Waals surface area contributed by atoms with Gasteiger partial charge in [0.15, 0.2) is 0 Å². The molecular formula is C16H24N4. The van der Waals surface area contributed by atoms with Crippen molar-refractivity contribution >= 4 is 5.69 Å². The molecule has 1 heterocycles. The lowest BCUT2D eigenvalue weighted by atomic mass is 10.1. The van der Waals surface area contributed by atoms with Gasteiger partial charge in [0.2, 0.25) is 0 Å². The molecule has 0 fully saturated rings. The van der Waals surface area contributed by atoms with Gasteiger partial charge in [0.1, 0.15) is 0 Å². The number of hydrogen-bond acceptors (Lipinski definition) is 3. The molecule has 0 aliphatic rings. The number of nitrogens with one attached hydrogen (secondary N) is 2. The zero-order chi connectivity index (χ0) is 14.4. The van der Waals surface area contributed by atoms with Crippen LogP contribution in [0.3, 0.4) is 0 Å². The molecule has 2 aromatic rings. The van der Waals surface area contributed by atoms with Crippen LogP contribution in [0.25, 0.3) is 0 Å². The Hall–Kier alpha value is -1.81. The minimum atomic E-state index is 0.176. The van der Waals surface area contributed by atoms with Gasteiger partial charge in [0, 0.05) is 36.7 Å². The third-order valence-corrected chi connectivity index (χ3v) is 2.97. The highest BCUT2D eigenvalue weighted by Gasteiger charge is 2.06. The highest BCUT2D eigenvalue weighted by molar-refractivity contribution is 5.44. The lowest BCUT2D eigenvalue weighted by molar-refractivity contribution is 0.435. The monoisotopic (exact) mass is 272 g/mol. The van der Waals surface area contributed by atoms with Gasteiger partial charge in [-0.05, 0) is 44.5 Å². The first-order valence-corrected chi connectivity index (χ1v) is 7.08. The van der Waals surface area contributed by atoms with E-state index >= 15 is 0 Å². The van der Waals surface area contributed by atoms with Crippen molar-refractivity contribution in [3.05, 3.63) is 48.3 Å². The standard InChI is InChI=1S/C16H24N4/c1-16(2,3)18-11-10-17-15-7-5-14(6-8-15)13-20-12-4-9-19-20/h4-9,12,17-18H,10-11,13H2,1-3H3. The molecule has 1 aromatic carbocycles. The van der Waals surface area contributed by atoms with Gasteiger partial charge < -0.3 is 10.6 Å². The summed E-state index contributed by atoms with van der Waals surface area (Å²) < 4.78 is 1.93. The van der Waals surface area contributed by atoms with Crippen molar-refractivity contribution in [3.8, 4) is 0 Å². The molecule has 108 valence electrons. The van der Waals surface area contributed by atoms with E-state index in [9.17, 15) is 0 Å². The van der Waals surface area contributed by atoms with Crippen molar-refractivity contribution in [2.45, 2.75) is 32.9 Å². The first-order chi connectivity index (χ1) is 9.53. The van der Waals surface area contributed by atoms with Crippen LogP contribution in [0.1, 0.15) is 26.3 Å². The molecule has 0 radical (unpaired) electrons. The first-order valence-electron chi connectivity index (χ1n) is 7.08. The topological polar surface area (TPSA) is 41.9 Å². The van der Waals surface area contributed by atoms with E-state index in [1.54, 1.807) is 6.20 Å². The molecule has 2 rings (SSSR count). The zero-order valence-corrected chi connectivity index (χ0v) is 12.6. The van der Waals surface area contributed by atoms with Crippen molar-refractivity contribution in [3.63, 3.8) is 0 Å². The molecule has 0 atom stereocenters. The van der Waals surface area contributed by atoms with E-state index in [-0.39, 0.29) is 5.54 Å². The summed E-state index contributed by atoms with van der Waals surface area (Å²) in [5.41, 5.74) is 2.59. The Morgan fingerprint density at radius 3 is 2.45 bits per heavy atom. The van der Waals surface area contributed by atoms with Crippen LogP contribution in [-0.4, -0.2) is 28.4 Å². The maximum Gasteiger partial charge on any atom is 0.0659 e. The number of anilines is 1. The Morgan fingerprint density at radius 1 is 1.10 bits per heavy atom. The molecule has 2 N–H and O–H groups in total.